The Bertz CT molecular complexity index is 301. The van der Waals surface area contributed by atoms with E-state index in [4.69, 9.17) is 0 Å². The highest BCUT2D eigenvalue weighted by Gasteiger charge is 2.11. The monoisotopic (exact) mass is 210 g/mol. The lowest BCUT2D eigenvalue weighted by molar-refractivity contribution is 0.263. The number of benzene rings is 1. The predicted molar refractivity (Wildman–Crippen MR) is 61.4 cm³/mol. The van der Waals surface area contributed by atoms with Crippen molar-refractivity contribution < 1.29 is 4.39 Å². The zero-order valence-electron chi connectivity index (χ0n) is 9.63. The Morgan fingerprint density at radius 3 is 2.80 bits per heavy atom. The Morgan fingerprint density at radius 1 is 1.47 bits per heavy atom. The summed E-state index contributed by atoms with van der Waals surface area (Å²) in [7, 11) is 3.98. The number of nitrogens with zero attached hydrogens (tertiary/aromatic N) is 1. The molecular weight excluding hydrogens is 191 g/mol. The zero-order valence-corrected chi connectivity index (χ0v) is 9.63. The highest BCUT2D eigenvalue weighted by atomic mass is 19.1. The second kappa shape index (κ2) is 5.83. The van der Waals surface area contributed by atoms with E-state index in [1.807, 2.05) is 20.2 Å². The van der Waals surface area contributed by atoms with Crippen LogP contribution in [0.1, 0.15) is 18.5 Å². The van der Waals surface area contributed by atoms with Crippen molar-refractivity contribution in [2.24, 2.45) is 0 Å². The van der Waals surface area contributed by atoms with Crippen molar-refractivity contribution in [3.63, 3.8) is 0 Å². The van der Waals surface area contributed by atoms with Crippen LogP contribution in [0.4, 0.5) is 4.39 Å². The smallest absolute Gasteiger partial charge is 0.123 e. The van der Waals surface area contributed by atoms with E-state index in [0.717, 1.165) is 18.7 Å². The van der Waals surface area contributed by atoms with Gasteiger partial charge in [0.1, 0.15) is 5.82 Å². The van der Waals surface area contributed by atoms with Crippen LogP contribution in [0.5, 0.6) is 0 Å². The molecule has 1 aromatic carbocycles. The van der Waals surface area contributed by atoms with Gasteiger partial charge in [-0.3, -0.25) is 4.90 Å². The molecule has 1 aromatic rings. The van der Waals surface area contributed by atoms with Crippen LogP contribution in [-0.4, -0.2) is 32.1 Å². The molecule has 84 valence electrons. The fourth-order valence-corrected chi connectivity index (χ4v) is 1.50. The first-order chi connectivity index (χ1) is 7.15. The molecule has 3 heteroatoms. The van der Waals surface area contributed by atoms with Crippen LogP contribution >= 0.6 is 0 Å². The van der Waals surface area contributed by atoms with Gasteiger partial charge in [0.05, 0.1) is 0 Å². The van der Waals surface area contributed by atoms with Crippen LogP contribution in [0.15, 0.2) is 24.3 Å². The fraction of sp³-hybridized carbons (Fsp3) is 0.500. The summed E-state index contributed by atoms with van der Waals surface area (Å²) in [5.41, 5.74) is 1.02. The minimum absolute atomic E-state index is 0.165. The van der Waals surface area contributed by atoms with Crippen molar-refractivity contribution in [1.29, 1.82) is 0 Å². The van der Waals surface area contributed by atoms with E-state index in [2.05, 4.69) is 17.1 Å². The molecule has 0 spiro atoms. The molecule has 2 nitrogen and oxygen atoms in total. The van der Waals surface area contributed by atoms with E-state index in [1.165, 1.54) is 6.07 Å². The van der Waals surface area contributed by atoms with E-state index in [0.29, 0.717) is 0 Å². The average molecular weight is 210 g/mol. The Balaban J connectivity index is 2.62. The molecule has 0 radical (unpaired) electrons. The Hall–Kier alpha value is -0.930. The molecule has 0 aliphatic heterocycles. The standard InChI is InChI=1S/C12H19FN2/c1-10(15(3)8-7-14-2)11-5-4-6-12(13)9-11/h4-6,9-10,14H,7-8H2,1-3H3. The molecule has 1 N–H and O–H groups in total. The number of rotatable bonds is 5. The lowest BCUT2D eigenvalue weighted by Crippen LogP contribution is -2.29. The van der Waals surface area contributed by atoms with Crippen molar-refractivity contribution in [3.05, 3.63) is 35.6 Å². The SMILES string of the molecule is CNCCN(C)C(C)c1cccc(F)c1. The van der Waals surface area contributed by atoms with Gasteiger partial charge < -0.3 is 5.32 Å². The maximum absolute atomic E-state index is 13.0. The highest BCUT2D eigenvalue weighted by molar-refractivity contribution is 5.19. The molecule has 0 saturated heterocycles. The largest absolute Gasteiger partial charge is 0.318 e. The van der Waals surface area contributed by atoms with Gasteiger partial charge >= 0.3 is 0 Å². The van der Waals surface area contributed by atoms with E-state index in [9.17, 15) is 4.39 Å². The summed E-state index contributed by atoms with van der Waals surface area (Å²) in [6.07, 6.45) is 0. The van der Waals surface area contributed by atoms with E-state index >= 15 is 0 Å². The van der Waals surface area contributed by atoms with E-state index in [-0.39, 0.29) is 11.9 Å². The summed E-state index contributed by atoms with van der Waals surface area (Å²) >= 11 is 0. The molecule has 1 rings (SSSR count). The number of nitrogens with one attached hydrogen (secondary N) is 1. The first kappa shape index (κ1) is 12.1. The van der Waals surface area contributed by atoms with Crippen molar-refractivity contribution in [3.8, 4) is 0 Å². The molecule has 0 aliphatic carbocycles. The molecule has 0 aromatic heterocycles. The van der Waals surface area contributed by atoms with Gasteiger partial charge in [0.2, 0.25) is 0 Å². The lowest BCUT2D eigenvalue weighted by Gasteiger charge is -2.24. The molecule has 0 fully saturated rings. The average Bonchev–Trinajstić information content (AvgIpc) is 2.24. The minimum atomic E-state index is -0.165. The van der Waals surface area contributed by atoms with Crippen LogP contribution in [0.25, 0.3) is 0 Å². The van der Waals surface area contributed by atoms with Gasteiger partial charge in [-0.25, -0.2) is 4.39 Å². The molecular formula is C12H19FN2. The quantitative estimate of drug-likeness (QED) is 0.800. The fourth-order valence-electron chi connectivity index (χ4n) is 1.50. The molecule has 0 aliphatic rings. The molecule has 0 saturated carbocycles. The third-order valence-corrected chi connectivity index (χ3v) is 2.71. The van der Waals surface area contributed by atoms with Crippen LogP contribution < -0.4 is 5.32 Å². The minimum Gasteiger partial charge on any atom is -0.318 e. The number of hydrogen-bond donors (Lipinski definition) is 1. The van der Waals surface area contributed by atoms with Crippen molar-refractivity contribution in [1.82, 2.24) is 10.2 Å². The maximum atomic E-state index is 13.0. The summed E-state index contributed by atoms with van der Waals surface area (Å²) in [5, 5.41) is 3.10. The third-order valence-electron chi connectivity index (χ3n) is 2.71. The van der Waals surface area contributed by atoms with Crippen molar-refractivity contribution >= 4 is 0 Å². The van der Waals surface area contributed by atoms with Crippen LogP contribution in [0.2, 0.25) is 0 Å². The summed E-state index contributed by atoms with van der Waals surface area (Å²) in [5.74, 6) is -0.165. The molecule has 15 heavy (non-hydrogen) atoms. The van der Waals surface area contributed by atoms with Gasteiger partial charge in [-0.1, -0.05) is 12.1 Å². The van der Waals surface area contributed by atoms with Gasteiger partial charge in [0.15, 0.2) is 0 Å². The Kier molecular flexibility index (Phi) is 4.72. The first-order valence-corrected chi connectivity index (χ1v) is 5.25. The van der Waals surface area contributed by atoms with Gasteiger partial charge in [0.25, 0.3) is 0 Å². The molecule has 1 unspecified atom stereocenters. The van der Waals surface area contributed by atoms with Gasteiger partial charge in [0, 0.05) is 19.1 Å². The normalized spacial score (nSPS) is 13.1. The predicted octanol–water partition coefficient (Wildman–Crippen LogP) is 2.04. The summed E-state index contributed by atoms with van der Waals surface area (Å²) < 4.78 is 13.0. The highest BCUT2D eigenvalue weighted by Crippen LogP contribution is 2.18. The van der Waals surface area contributed by atoms with Crippen LogP contribution in [0, 0.1) is 5.82 Å². The van der Waals surface area contributed by atoms with Crippen molar-refractivity contribution in [2.45, 2.75) is 13.0 Å². The van der Waals surface area contributed by atoms with E-state index < -0.39 is 0 Å². The number of halogens is 1. The molecule has 0 heterocycles. The zero-order chi connectivity index (χ0) is 11.3. The number of hydrogen-bond acceptors (Lipinski definition) is 2. The maximum Gasteiger partial charge on any atom is 0.123 e. The Morgan fingerprint density at radius 2 is 2.20 bits per heavy atom. The van der Waals surface area contributed by atoms with Gasteiger partial charge in [-0.15, -0.1) is 0 Å². The van der Waals surface area contributed by atoms with Crippen LogP contribution in [-0.2, 0) is 0 Å². The summed E-state index contributed by atoms with van der Waals surface area (Å²) in [4.78, 5) is 2.20. The molecule has 1 atom stereocenters. The van der Waals surface area contributed by atoms with Crippen molar-refractivity contribution in [2.75, 3.05) is 27.2 Å². The lowest BCUT2D eigenvalue weighted by atomic mass is 10.1. The second-order valence-corrected chi connectivity index (χ2v) is 3.82. The summed E-state index contributed by atoms with van der Waals surface area (Å²) in [6, 6.07) is 7.04. The summed E-state index contributed by atoms with van der Waals surface area (Å²) in [6.45, 7) is 3.98. The third kappa shape index (κ3) is 3.61. The second-order valence-electron chi connectivity index (χ2n) is 3.82. The van der Waals surface area contributed by atoms with E-state index in [1.54, 1.807) is 12.1 Å². The van der Waals surface area contributed by atoms with Crippen LogP contribution in [0.3, 0.4) is 0 Å². The Labute approximate surface area is 91.1 Å². The van der Waals surface area contributed by atoms with Gasteiger partial charge in [-0.2, -0.15) is 0 Å². The number of likely N-dealkylation sites (N-methyl/N-ethyl adjacent to an activating group) is 2. The topological polar surface area (TPSA) is 15.3 Å². The molecule has 0 amide bonds. The van der Waals surface area contributed by atoms with Gasteiger partial charge in [-0.05, 0) is 38.7 Å². The molecule has 0 bridgehead atoms. The first-order valence-electron chi connectivity index (χ1n) is 5.25.